The Morgan fingerprint density at radius 2 is 1.74 bits per heavy atom. The second-order valence-corrected chi connectivity index (χ2v) is 8.40. The minimum atomic E-state index is -0.369. The number of hydrogen-bond donors (Lipinski definition) is 0. The number of methoxy groups -OCH3 is 2. The monoisotopic (exact) mass is 468 g/mol. The molecule has 1 saturated heterocycles. The normalized spacial score (nSPS) is 18.6. The van der Waals surface area contributed by atoms with Crippen LogP contribution in [0.2, 0.25) is 0 Å². The number of piperazine rings is 1. The highest BCUT2D eigenvalue weighted by molar-refractivity contribution is 6.03. The van der Waals surface area contributed by atoms with Crippen molar-refractivity contribution in [1.29, 1.82) is 0 Å². The van der Waals surface area contributed by atoms with Gasteiger partial charge in [-0.3, -0.25) is 14.5 Å². The van der Waals surface area contributed by atoms with E-state index >= 15 is 0 Å². The van der Waals surface area contributed by atoms with Crippen molar-refractivity contribution < 1.29 is 23.5 Å². The largest absolute Gasteiger partial charge is 0.497 e. The lowest BCUT2D eigenvalue weighted by molar-refractivity contribution is -0.135. The first-order chi connectivity index (χ1) is 16.4. The van der Waals surface area contributed by atoms with Crippen LogP contribution < -0.4 is 9.47 Å². The van der Waals surface area contributed by atoms with Crippen molar-refractivity contribution in [2.24, 2.45) is 5.10 Å². The second kappa shape index (κ2) is 10.2. The van der Waals surface area contributed by atoms with E-state index in [1.165, 1.54) is 17.1 Å². The first-order valence-corrected chi connectivity index (χ1v) is 11.2. The molecule has 34 heavy (non-hydrogen) atoms. The van der Waals surface area contributed by atoms with Gasteiger partial charge in [0.05, 0.1) is 32.5 Å². The van der Waals surface area contributed by atoms with Crippen molar-refractivity contribution in [3.05, 3.63) is 59.4 Å². The summed E-state index contributed by atoms with van der Waals surface area (Å²) in [4.78, 5) is 28.9. The molecule has 0 unspecified atom stereocenters. The number of amides is 2. The van der Waals surface area contributed by atoms with Gasteiger partial charge in [-0.1, -0.05) is 12.1 Å². The first kappa shape index (κ1) is 23.7. The molecule has 0 N–H and O–H groups in total. The van der Waals surface area contributed by atoms with E-state index in [-0.39, 0.29) is 30.2 Å². The van der Waals surface area contributed by atoms with Crippen LogP contribution in [0.5, 0.6) is 11.5 Å². The molecule has 2 aromatic carbocycles. The number of nitrogens with zero attached hydrogens (tertiary/aromatic N) is 4. The van der Waals surface area contributed by atoms with E-state index in [0.717, 1.165) is 11.1 Å². The Kier molecular flexibility index (Phi) is 7.12. The van der Waals surface area contributed by atoms with Crippen LogP contribution in [0.3, 0.4) is 0 Å². The number of carbonyl (C=O) groups is 2. The predicted molar refractivity (Wildman–Crippen MR) is 125 cm³/mol. The third-order valence-corrected chi connectivity index (χ3v) is 6.32. The summed E-state index contributed by atoms with van der Waals surface area (Å²) in [5.41, 5.74) is 2.29. The maximum absolute atomic E-state index is 13.5. The average molecular weight is 469 g/mol. The molecule has 0 bridgehead atoms. The van der Waals surface area contributed by atoms with E-state index in [1.807, 2.05) is 17.0 Å². The van der Waals surface area contributed by atoms with Gasteiger partial charge in [-0.15, -0.1) is 0 Å². The molecular formula is C25H29FN4O4. The zero-order valence-corrected chi connectivity index (χ0v) is 19.7. The fourth-order valence-corrected chi connectivity index (χ4v) is 4.38. The maximum Gasteiger partial charge on any atom is 0.257 e. The molecule has 0 aromatic heterocycles. The molecule has 0 spiro atoms. The molecule has 8 nitrogen and oxygen atoms in total. The lowest BCUT2D eigenvalue weighted by Gasteiger charge is -2.34. The summed E-state index contributed by atoms with van der Waals surface area (Å²) < 4.78 is 24.4. The lowest BCUT2D eigenvalue weighted by atomic mass is 9.97. The van der Waals surface area contributed by atoms with Crippen LogP contribution in [0.25, 0.3) is 0 Å². The molecule has 2 aromatic rings. The van der Waals surface area contributed by atoms with Crippen molar-refractivity contribution >= 4 is 17.5 Å². The van der Waals surface area contributed by atoms with Gasteiger partial charge in [-0.2, -0.15) is 5.10 Å². The summed E-state index contributed by atoms with van der Waals surface area (Å²) in [6, 6.07) is 11.3. The van der Waals surface area contributed by atoms with Gasteiger partial charge in [0.2, 0.25) is 5.91 Å². The van der Waals surface area contributed by atoms with Gasteiger partial charge in [0.1, 0.15) is 17.3 Å². The van der Waals surface area contributed by atoms with Crippen molar-refractivity contribution in [2.45, 2.75) is 19.4 Å². The van der Waals surface area contributed by atoms with Crippen molar-refractivity contribution in [2.75, 3.05) is 46.9 Å². The Balaban J connectivity index is 1.59. The number of benzene rings is 2. The van der Waals surface area contributed by atoms with Crippen molar-refractivity contribution in [3.8, 4) is 11.5 Å². The van der Waals surface area contributed by atoms with Gasteiger partial charge < -0.3 is 14.4 Å². The minimum Gasteiger partial charge on any atom is -0.497 e. The van der Waals surface area contributed by atoms with Crippen LogP contribution in [0.15, 0.2) is 47.6 Å². The van der Waals surface area contributed by atoms with Crippen LogP contribution in [-0.4, -0.2) is 79.3 Å². The Hall–Kier alpha value is -3.46. The molecule has 2 amide bonds. The molecule has 180 valence electrons. The number of hydrogen-bond acceptors (Lipinski definition) is 6. The summed E-state index contributed by atoms with van der Waals surface area (Å²) >= 11 is 0. The summed E-state index contributed by atoms with van der Waals surface area (Å²) in [5.74, 6) is 0.836. The molecule has 0 radical (unpaired) electrons. The van der Waals surface area contributed by atoms with E-state index in [9.17, 15) is 14.0 Å². The van der Waals surface area contributed by atoms with Crippen LogP contribution >= 0.6 is 0 Å². The number of halogens is 1. The van der Waals surface area contributed by atoms with Gasteiger partial charge in [-0.05, 0) is 29.8 Å². The first-order valence-electron chi connectivity index (χ1n) is 11.2. The number of carbonyl (C=O) groups excluding carboxylic acids is 2. The highest BCUT2D eigenvalue weighted by Gasteiger charge is 2.36. The highest BCUT2D eigenvalue weighted by atomic mass is 19.1. The van der Waals surface area contributed by atoms with E-state index in [0.29, 0.717) is 49.8 Å². The highest BCUT2D eigenvalue weighted by Crippen LogP contribution is 2.39. The zero-order chi connectivity index (χ0) is 24.2. The van der Waals surface area contributed by atoms with Crippen molar-refractivity contribution in [1.82, 2.24) is 14.8 Å². The number of hydrazone groups is 1. The van der Waals surface area contributed by atoms with Gasteiger partial charge in [-0.25, -0.2) is 9.40 Å². The number of ether oxygens (including phenoxy) is 2. The van der Waals surface area contributed by atoms with E-state index in [2.05, 4.69) is 5.10 Å². The van der Waals surface area contributed by atoms with Crippen LogP contribution in [0, 0.1) is 5.82 Å². The molecule has 2 aliphatic rings. The maximum atomic E-state index is 13.5. The van der Waals surface area contributed by atoms with E-state index in [4.69, 9.17) is 9.47 Å². The van der Waals surface area contributed by atoms with E-state index in [1.54, 1.807) is 44.2 Å². The topological polar surface area (TPSA) is 74.7 Å². The molecule has 2 heterocycles. The third kappa shape index (κ3) is 5.04. The summed E-state index contributed by atoms with van der Waals surface area (Å²) in [6.07, 6.45) is 0.470. The number of rotatable bonds is 6. The summed E-state index contributed by atoms with van der Waals surface area (Å²) in [6.45, 7) is 4.21. The molecule has 1 atom stereocenters. The van der Waals surface area contributed by atoms with Crippen LogP contribution in [0.4, 0.5) is 4.39 Å². The summed E-state index contributed by atoms with van der Waals surface area (Å²) in [5, 5.41) is 6.19. The van der Waals surface area contributed by atoms with Crippen molar-refractivity contribution in [3.63, 3.8) is 0 Å². The van der Waals surface area contributed by atoms with Gasteiger partial charge in [0.25, 0.3) is 5.91 Å². The Morgan fingerprint density at radius 1 is 1.03 bits per heavy atom. The fourth-order valence-electron chi connectivity index (χ4n) is 4.38. The Labute approximate surface area is 198 Å². The van der Waals surface area contributed by atoms with Gasteiger partial charge >= 0.3 is 0 Å². The standard InChI is InChI=1S/C25H29FN4O4/c1-17(31)29-12-10-28(11-13-29)16-25(32)30-23(21-9-8-20(33-2)14-24(21)34-3)15-22(27-30)18-4-6-19(26)7-5-18/h4-9,14,23H,10-13,15-16H2,1-3H3/t23-/m0/s1. The zero-order valence-electron chi connectivity index (χ0n) is 19.7. The average Bonchev–Trinajstić information content (AvgIpc) is 3.29. The van der Waals surface area contributed by atoms with Crippen LogP contribution in [-0.2, 0) is 9.59 Å². The minimum absolute atomic E-state index is 0.0470. The fraction of sp³-hybridized carbons (Fsp3) is 0.400. The Bertz CT molecular complexity index is 1080. The van der Waals surface area contributed by atoms with E-state index < -0.39 is 0 Å². The van der Waals surface area contributed by atoms with Gasteiger partial charge in [0, 0.05) is 51.2 Å². The third-order valence-electron chi connectivity index (χ3n) is 6.32. The lowest BCUT2D eigenvalue weighted by Crippen LogP contribution is -2.50. The predicted octanol–water partition coefficient (Wildman–Crippen LogP) is 2.68. The van der Waals surface area contributed by atoms with Crippen LogP contribution in [0.1, 0.15) is 30.5 Å². The Morgan fingerprint density at radius 3 is 2.35 bits per heavy atom. The molecule has 0 aliphatic carbocycles. The van der Waals surface area contributed by atoms with Gasteiger partial charge in [0.15, 0.2) is 0 Å². The quantitative estimate of drug-likeness (QED) is 0.652. The second-order valence-electron chi connectivity index (χ2n) is 8.40. The molecule has 0 saturated carbocycles. The molecule has 2 aliphatic heterocycles. The summed E-state index contributed by atoms with van der Waals surface area (Å²) in [7, 11) is 3.16. The molecule has 4 rings (SSSR count). The molecule has 9 heteroatoms. The molecule has 1 fully saturated rings. The SMILES string of the molecule is COc1ccc([C@@H]2CC(c3ccc(F)cc3)=NN2C(=O)CN2CCN(C(C)=O)CC2)c(OC)c1. The molecular weight excluding hydrogens is 439 g/mol. The smallest absolute Gasteiger partial charge is 0.257 e.